The molecular weight excluding hydrogens is 172 g/mol. The molecule has 0 spiro atoms. The van der Waals surface area contributed by atoms with Crippen LogP contribution in [0, 0.1) is 5.92 Å². The number of hydrogen-bond donors (Lipinski definition) is 1. The van der Waals surface area contributed by atoms with Gasteiger partial charge in [-0.3, -0.25) is 4.79 Å². The van der Waals surface area contributed by atoms with E-state index in [0.717, 1.165) is 25.9 Å². The zero-order valence-electron chi connectivity index (χ0n) is 7.25. The van der Waals surface area contributed by atoms with Gasteiger partial charge in [0.2, 0.25) is 5.91 Å². The van der Waals surface area contributed by atoms with E-state index < -0.39 is 0 Å². The number of nitrogens with zero attached hydrogens (tertiary/aromatic N) is 1. The molecule has 12 heavy (non-hydrogen) atoms. The Balaban J connectivity index is 2.39. The third-order valence-electron chi connectivity index (χ3n) is 2.34. The lowest BCUT2D eigenvalue weighted by molar-refractivity contribution is -0.129. The smallest absolute Gasteiger partial charge is 0.219 e. The van der Waals surface area contributed by atoms with Gasteiger partial charge in [-0.25, -0.2) is 0 Å². The maximum atomic E-state index is 10.9. The van der Waals surface area contributed by atoms with Gasteiger partial charge in [-0.1, -0.05) is 12.2 Å². The number of carbonyl (C=O) groups excluding carboxylic acids is 1. The summed E-state index contributed by atoms with van der Waals surface area (Å²) >= 11 is 4.89. The van der Waals surface area contributed by atoms with E-state index in [0.29, 0.717) is 10.9 Å². The molecule has 1 fully saturated rings. The zero-order valence-corrected chi connectivity index (χ0v) is 8.06. The standard InChI is InChI=1S/C8H14N2OS/c1-6(11)10-4-2-7(3-5-10)8(9)12/h7H,2-5H2,1H3,(H2,9,12). The van der Waals surface area contributed by atoms with Crippen molar-refractivity contribution < 1.29 is 4.79 Å². The first-order valence-corrected chi connectivity index (χ1v) is 4.57. The number of carbonyl (C=O) groups is 1. The number of likely N-dealkylation sites (tertiary alicyclic amines) is 1. The number of thiocarbonyl (C=S) groups is 1. The van der Waals surface area contributed by atoms with Crippen molar-refractivity contribution in [1.82, 2.24) is 4.90 Å². The monoisotopic (exact) mass is 186 g/mol. The summed E-state index contributed by atoms with van der Waals surface area (Å²) in [4.78, 5) is 13.4. The first-order chi connectivity index (χ1) is 5.61. The molecular formula is C8H14N2OS. The molecule has 1 saturated heterocycles. The molecule has 0 unspecified atom stereocenters. The van der Waals surface area contributed by atoms with E-state index in [1.807, 2.05) is 4.90 Å². The Labute approximate surface area is 77.9 Å². The minimum atomic E-state index is 0.149. The first-order valence-electron chi connectivity index (χ1n) is 4.16. The second kappa shape index (κ2) is 3.85. The zero-order chi connectivity index (χ0) is 9.14. The third-order valence-corrected chi connectivity index (χ3v) is 2.68. The van der Waals surface area contributed by atoms with Crippen molar-refractivity contribution in [2.45, 2.75) is 19.8 Å². The summed E-state index contributed by atoms with van der Waals surface area (Å²) in [5, 5.41) is 0. The van der Waals surface area contributed by atoms with E-state index in [4.69, 9.17) is 18.0 Å². The average Bonchev–Trinajstić information content (AvgIpc) is 2.04. The van der Waals surface area contributed by atoms with Crippen LogP contribution in [0.4, 0.5) is 0 Å². The van der Waals surface area contributed by atoms with E-state index in [1.54, 1.807) is 6.92 Å². The van der Waals surface area contributed by atoms with Crippen molar-refractivity contribution in [3.05, 3.63) is 0 Å². The number of hydrogen-bond acceptors (Lipinski definition) is 2. The van der Waals surface area contributed by atoms with Crippen molar-refractivity contribution in [2.24, 2.45) is 11.7 Å². The molecule has 0 saturated carbocycles. The summed E-state index contributed by atoms with van der Waals surface area (Å²) in [6.07, 6.45) is 1.85. The molecule has 1 amide bonds. The molecule has 1 rings (SSSR count). The van der Waals surface area contributed by atoms with Crippen molar-refractivity contribution in [3.63, 3.8) is 0 Å². The molecule has 0 aliphatic carbocycles. The molecule has 0 aromatic carbocycles. The van der Waals surface area contributed by atoms with Gasteiger partial charge in [0, 0.05) is 25.9 Å². The fourth-order valence-electron chi connectivity index (χ4n) is 1.48. The van der Waals surface area contributed by atoms with Crippen LogP contribution in [0.2, 0.25) is 0 Å². The van der Waals surface area contributed by atoms with Gasteiger partial charge in [-0.2, -0.15) is 0 Å². The van der Waals surface area contributed by atoms with Crippen LogP contribution in [-0.4, -0.2) is 28.9 Å². The van der Waals surface area contributed by atoms with E-state index in [1.165, 1.54) is 0 Å². The molecule has 2 N–H and O–H groups in total. The van der Waals surface area contributed by atoms with Gasteiger partial charge in [-0.05, 0) is 12.8 Å². The topological polar surface area (TPSA) is 46.3 Å². The Morgan fingerprint density at radius 2 is 2.00 bits per heavy atom. The molecule has 0 radical (unpaired) electrons. The first kappa shape index (κ1) is 9.45. The van der Waals surface area contributed by atoms with E-state index in [-0.39, 0.29) is 5.91 Å². The summed E-state index contributed by atoms with van der Waals surface area (Å²) in [5.41, 5.74) is 5.52. The lowest BCUT2D eigenvalue weighted by atomic mass is 9.97. The maximum absolute atomic E-state index is 10.9. The van der Waals surface area contributed by atoms with Crippen molar-refractivity contribution in [3.8, 4) is 0 Å². The molecule has 1 heterocycles. The Morgan fingerprint density at radius 3 is 2.33 bits per heavy atom. The molecule has 0 aromatic heterocycles. The van der Waals surface area contributed by atoms with Crippen molar-refractivity contribution in [1.29, 1.82) is 0 Å². The summed E-state index contributed by atoms with van der Waals surface area (Å²) < 4.78 is 0. The van der Waals surface area contributed by atoms with Crippen LogP contribution >= 0.6 is 12.2 Å². The Hall–Kier alpha value is -0.640. The number of amides is 1. The van der Waals surface area contributed by atoms with Crippen LogP contribution in [0.1, 0.15) is 19.8 Å². The highest BCUT2D eigenvalue weighted by molar-refractivity contribution is 7.80. The fraction of sp³-hybridized carbons (Fsp3) is 0.750. The fourth-order valence-corrected chi connectivity index (χ4v) is 1.71. The molecule has 0 bridgehead atoms. The van der Waals surface area contributed by atoms with Crippen molar-refractivity contribution in [2.75, 3.05) is 13.1 Å². The van der Waals surface area contributed by atoms with Crippen LogP contribution in [-0.2, 0) is 4.79 Å². The second-order valence-electron chi connectivity index (χ2n) is 3.18. The van der Waals surface area contributed by atoms with E-state index in [9.17, 15) is 4.79 Å². The predicted octanol–water partition coefficient (Wildman–Crippen LogP) is 0.531. The van der Waals surface area contributed by atoms with Crippen LogP contribution in [0.15, 0.2) is 0 Å². The Bertz CT molecular complexity index is 175. The van der Waals surface area contributed by atoms with Crippen molar-refractivity contribution >= 4 is 23.1 Å². The van der Waals surface area contributed by atoms with Gasteiger partial charge in [0.1, 0.15) is 0 Å². The molecule has 1 aliphatic heterocycles. The highest BCUT2D eigenvalue weighted by Gasteiger charge is 2.21. The third kappa shape index (κ3) is 2.17. The second-order valence-corrected chi connectivity index (χ2v) is 3.65. The lowest BCUT2D eigenvalue weighted by Crippen LogP contribution is -2.40. The minimum absolute atomic E-state index is 0.149. The normalized spacial score (nSPS) is 19.2. The summed E-state index contributed by atoms with van der Waals surface area (Å²) in [5.74, 6) is 0.493. The Morgan fingerprint density at radius 1 is 1.50 bits per heavy atom. The van der Waals surface area contributed by atoms with Crippen LogP contribution in [0.3, 0.4) is 0 Å². The van der Waals surface area contributed by atoms with Crippen LogP contribution < -0.4 is 5.73 Å². The summed E-state index contributed by atoms with van der Waals surface area (Å²) in [7, 11) is 0. The minimum Gasteiger partial charge on any atom is -0.393 e. The molecule has 1 aliphatic rings. The van der Waals surface area contributed by atoms with Crippen LogP contribution in [0.5, 0.6) is 0 Å². The molecule has 0 aromatic rings. The highest BCUT2D eigenvalue weighted by atomic mass is 32.1. The van der Waals surface area contributed by atoms with E-state index in [2.05, 4.69) is 0 Å². The molecule has 3 nitrogen and oxygen atoms in total. The summed E-state index contributed by atoms with van der Waals surface area (Å²) in [6, 6.07) is 0. The van der Waals surface area contributed by atoms with Gasteiger partial charge in [0.15, 0.2) is 0 Å². The quantitative estimate of drug-likeness (QED) is 0.608. The maximum Gasteiger partial charge on any atom is 0.219 e. The van der Waals surface area contributed by atoms with Gasteiger partial charge in [-0.15, -0.1) is 0 Å². The SMILES string of the molecule is CC(=O)N1CCC(C(N)=S)CC1. The largest absolute Gasteiger partial charge is 0.393 e. The predicted molar refractivity (Wildman–Crippen MR) is 51.8 cm³/mol. The molecule has 0 atom stereocenters. The highest BCUT2D eigenvalue weighted by Crippen LogP contribution is 2.16. The van der Waals surface area contributed by atoms with Gasteiger partial charge >= 0.3 is 0 Å². The summed E-state index contributed by atoms with van der Waals surface area (Å²) in [6.45, 7) is 3.20. The average molecular weight is 186 g/mol. The van der Waals surface area contributed by atoms with E-state index >= 15 is 0 Å². The van der Waals surface area contributed by atoms with Gasteiger partial charge in [0.25, 0.3) is 0 Å². The lowest BCUT2D eigenvalue weighted by Gasteiger charge is -2.30. The van der Waals surface area contributed by atoms with Crippen LogP contribution in [0.25, 0.3) is 0 Å². The molecule has 4 heteroatoms. The molecule has 68 valence electrons. The van der Waals surface area contributed by atoms with Gasteiger partial charge < -0.3 is 10.6 Å². The number of nitrogens with two attached hydrogens (primary N) is 1. The number of piperidine rings is 1. The number of rotatable bonds is 1. The Kier molecular flexibility index (Phi) is 3.03. The van der Waals surface area contributed by atoms with Gasteiger partial charge in [0.05, 0.1) is 4.99 Å².